The number of alkyl carbamates (subject to hydrolysis) is 2. The number of carbonyl (C=O) groups excluding carboxylic acids is 12. The van der Waals surface area contributed by atoms with E-state index in [1.807, 2.05) is 68.4 Å². The smallest absolute Gasteiger partial charge is 0.407 e. The highest BCUT2D eigenvalue weighted by atomic mass is 16.6. The average molecular weight is 1540 g/mol. The fraction of sp³-hybridized carbons (Fsp3) is 0.518. The molecule has 6 aromatic rings. The molecule has 29 nitrogen and oxygen atoms in total. The summed E-state index contributed by atoms with van der Waals surface area (Å²) in [5.74, 6) is -9.49. The third kappa shape index (κ3) is 22.8. The van der Waals surface area contributed by atoms with Crippen molar-refractivity contribution in [1.29, 1.82) is 0 Å². The van der Waals surface area contributed by atoms with E-state index in [1.54, 1.807) is 99.6 Å². The lowest BCUT2D eigenvalue weighted by molar-refractivity contribution is -0.384. The molecule has 0 spiro atoms. The largest absolute Gasteiger partial charge is 0.444 e. The van der Waals surface area contributed by atoms with Crippen LogP contribution in [0.2, 0.25) is 0 Å². The number of nitrogens with zero attached hydrogens (tertiary/aromatic N) is 3. The molecule has 3 saturated heterocycles. The third-order valence-electron chi connectivity index (χ3n) is 20.2. The van der Waals surface area contributed by atoms with E-state index in [9.17, 15) is 24.5 Å². The van der Waals surface area contributed by atoms with Gasteiger partial charge in [-0.1, -0.05) is 139 Å². The lowest BCUT2D eigenvalue weighted by atomic mass is 9.90. The minimum absolute atomic E-state index is 0.0205. The van der Waals surface area contributed by atoms with E-state index in [4.69, 9.17) is 9.47 Å². The number of ether oxygens (including phenoxy) is 2. The van der Waals surface area contributed by atoms with E-state index < -0.39 is 160 Å². The second-order valence-electron chi connectivity index (χ2n) is 32.6. The van der Waals surface area contributed by atoms with Crippen molar-refractivity contribution >= 4 is 109 Å². The summed E-state index contributed by atoms with van der Waals surface area (Å²) >= 11 is 0. The molecule has 112 heavy (non-hydrogen) atoms. The van der Waals surface area contributed by atoms with Gasteiger partial charge in [-0.15, -0.1) is 0 Å². The number of hydrogen-bond donors (Lipinski definition) is 10. The fourth-order valence-electron chi connectivity index (χ4n) is 14.7. The van der Waals surface area contributed by atoms with Gasteiger partial charge in [-0.25, -0.2) is 9.59 Å². The van der Waals surface area contributed by atoms with Crippen molar-refractivity contribution in [3.8, 4) is 0 Å². The van der Waals surface area contributed by atoms with Crippen LogP contribution in [0.1, 0.15) is 158 Å². The third-order valence-corrected chi connectivity index (χ3v) is 20.2. The van der Waals surface area contributed by atoms with Gasteiger partial charge in [0, 0.05) is 57.6 Å². The Hall–Kier alpha value is -11.0. The molecule has 3 fully saturated rings. The molecule has 29 heteroatoms. The molecule has 3 heterocycles. The molecular formula is C83H109N13O16. The van der Waals surface area contributed by atoms with Crippen molar-refractivity contribution in [2.45, 2.75) is 232 Å². The van der Waals surface area contributed by atoms with Crippen molar-refractivity contribution in [2.24, 2.45) is 17.8 Å². The van der Waals surface area contributed by atoms with Crippen LogP contribution in [-0.4, -0.2) is 184 Å². The van der Waals surface area contributed by atoms with Crippen LogP contribution in [0.4, 0.5) is 15.3 Å². The normalized spacial score (nSPS) is 22.8. The fourth-order valence-corrected chi connectivity index (χ4v) is 14.7. The Balaban J connectivity index is 1.13. The van der Waals surface area contributed by atoms with Gasteiger partial charge >= 0.3 is 12.2 Å². The molecule has 10 atom stereocenters. The summed E-state index contributed by atoms with van der Waals surface area (Å²) in [4.78, 5) is 193. The maximum absolute atomic E-state index is 15.9. The molecule has 0 radical (unpaired) electrons. The Bertz CT molecular complexity index is 4390. The lowest BCUT2D eigenvalue weighted by Crippen LogP contribution is -2.62. The lowest BCUT2D eigenvalue weighted by Gasteiger charge is -2.33. The molecule has 0 saturated carbocycles. The topological polar surface area (TPSA) is 393 Å². The van der Waals surface area contributed by atoms with Gasteiger partial charge in [0.25, 0.3) is 5.69 Å². The van der Waals surface area contributed by atoms with Crippen molar-refractivity contribution < 1.29 is 71.9 Å². The first-order valence-corrected chi connectivity index (χ1v) is 38.9. The van der Waals surface area contributed by atoms with E-state index in [-0.39, 0.29) is 102 Å². The summed E-state index contributed by atoms with van der Waals surface area (Å²) in [6.45, 7) is 20.5. The Morgan fingerprint density at radius 1 is 0.464 bits per heavy atom. The number of nitro benzene ring substituents is 1. The predicted molar refractivity (Wildman–Crippen MR) is 422 cm³/mol. The average Bonchev–Trinajstić information content (AvgIpc) is 0.877. The van der Waals surface area contributed by atoms with Crippen LogP contribution in [-0.2, 0) is 76.7 Å². The first kappa shape index (κ1) is 85.0. The van der Waals surface area contributed by atoms with Gasteiger partial charge in [0.05, 0.1) is 4.92 Å². The standard InChI is InChI=1S/C83H109N13O16/c1-47(2)43-60-72(99)91-63(46-55-34-33-54-32-31-52-23-16-24-53-35-38-57(55)67(54)66(52)53)79(106)95-42-20-28-65(95)75(102)93-69(49(5)6)77(104)87-59(26-18-40-85-81(108)112-83(10,11)12)71(98)89-61(44-51-29-36-56(37-30-51)96(109)110)73(100)90-62(45-50-21-14-13-15-22-50)78(105)94-41-19-27-64(94)74(101)92-68(48(3)4)76(103)86-58(70(97)88-60)25-17-39-84-80(107)111-82(7,8)9/h13-16,21-24,29-38,47-49,58-65,68-69H,17-20,25-28,39-46H2,1-12H3,(H,84,107)(H,85,108)(H,86,103)(H,87,104)(H,88,97)(H,89,98)(H,90,100)(H,91,99)(H,92,101)(H,93,102)/t58-,59-,60-,61-,62+,63+,64-,65-,68-,69-/m0/s1. The molecule has 602 valence electrons. The van der Waals surface area contributed by atoms with Gasteiger partial charge in [-0.2, -0.15) is 0 Å². The maximum atomic E-state index is 15.9. The number of non-ortho nitro benzene ring substituents is 1. The van der Waals surface area contributed by atoms with Crippen LogP contribution in [0, 0.1) is 27.9 Å². The Labute approximate surface area is 652 Å². The maximum Gasteiger partial charge on any atom is 0.407 e. The second-order valence-corrected chi connectivity index (χ2v) is 32.6. The van der Waals surface area contributed by atoms with Crippen LogP contribution in [0.5, 0.6) is 0 Å². The van der Waals surface area contributed by atoms with Crippen LogP contribution in [0.3, 0.4) is 0 Å². The first-order valence-electron chi connectivity index (χ1n) is 38.9. The molecule has 6 aromatic carbocycles. The molecule has 0 unspecified atom stereocenters. The number of hydrogen-bond acceptors (Lipinski definition) is 16. The summed E-state index contributed by atoms with van der Waals surface area (Å²) in [5, 5.41) is 45.8. The summed E-state index contributed by atoms with van der Waals surface area (Å²) in [7, 11) is 0. The highest BCUT2D eigenvalue weighted by molar-refractivity contribution is 6.23. The van der Waals surface area contributed by atoms with Crippen LogP contribution >= 0.6 is 0 Å². The Kier molecular flexibility index (Phi) is 28.7. The quantitative estimate of drug-likeness (QED) is 0.0164. The number of carbonyl (C=O) groups is 12. The SMILES string of the molecule is CC(C)C[C@@H]1NC(=O)[C@H](CCCNC(=O)OC(C)(C)C)NC(=O)[C@H](C(C)C)NC(=O)[C@@H]2CCCN2C(=O)[C@@H](Cc2ccccc2)NC(=O)[C@H](Cc2ccc([N+](=O)[O-])cc2)NC(=O)[C@H](CCCNC(=O)OC(C)(C)C)NC(=O)[C@H](C(C)C)NC(=O)[C@@H]2CCCN2C(=O)[C@@H](Cc2ccc3ccc4cccc5ccc2c3c45)NC1=O. The zero-order chi connectivity index (χ0) is 81.5. The first-order chi connectivity index (χ1) is 53.0. The summed E-state index contributed by atoms with van der Waals surface area (Å²) < 4.78 is 10.9. The van der Waals surface area contributed by atoms with Gasteiger partial charge in [0.1, 0.15) is 71.6 Å². The van der Waals surface area contributed by atoms with Gasteiger partial charge in [-0.3, -0.25) is 58.1 Å². The highest BCUT2D eigenvalue weighted by Gasteiger charge is 2.44. The zero-order valence-corrected chi connectivity index (χ0v) is 66.1. The summed E-state index contributed by atoms with van der Waals surface area (Å²) in [6, 6.07) is 17.9. The molecule has 3 aliphatic rings. The number of benzene rings is 6. The van der Waals surface area contributed by atoms with E-state index in [0.29, 0.717) is 29.5 Å². The van der Waals surface area contributed by atoms with Crippen molar-refractivity contribution in [3.05, 3.63) is 136 Å². The number of nitro groups is 1. The molecule has 10 N–H and O–H groups in total. The molecule has 12 amide bonds. The van der Waals surface area contributed by atoms with Crippen molar-refractivity contribution in [2.75, 3.05) is 26.2 Å². The van der Waals surface area contributed by atoms with E-state index in [1.165, 1.54) is 34.1 Å². The number of nitrogens with one attached hydrogen (secondary N) is 10. The minimum Gasteiger partial charge on any atom is -0.444 e. The van der Waals surface area contributed by atoms with Gasteiger partial charge in [0.15, 0.2) is 0 Å². The van der Waals surface area contributed by atoms with E-state index >= 15 is 43.2 Å². The van der Waals surface area contributed by atoms with Crippen LogP contribution in [0.25, 0.3) is 32.3 Å². The summed E-state index contributed by atoms with van der Waals surface area (Å²) in [6.07, 6.45) is -1.35. The zero-order valence-electron chi connectivity index (χ0n) is 66.1. The minimum atomic E-state index is -1.59. The molecule has 3 aliphatic heterocycles. The van der Waals surface area contributed by atoms with Gasteiger partial charge in [-0.05, 0) is 166 Å². The number of amides is 12. The Morgan fingerprint density at radius 2 is 0.875 bits per heavy atom. The van der Waals surface area contributed by atoms with Gasteiger partial charge in [0.2, 0.25) is 59.1 Å². The van der Waals surface area contributed by atoms with Crippen LogP contribution in [0.15, 0.2) is 109 Å². The molecule has 9 rings (SSSR count). The second kappa shape index (κ2) is 37.8. The van der Waals surface area contributed by atoms with Crippen molar-refractivity contribution in [3.63, 3.8) is 0 Å². The van der Waals surface area contributed by atoms with E-state index in [2.05, 4.69) is 53.2 Å². The van der Waals surface area contributed by atoms with Gasteiger partial charge < -0.3 is 72.4 Å². The predicted octanol–water partition coefficient (Wildman–Crippen LogP) is 7.36. The molecular weight excluding hydrogens is 1430 g/mol. The van der Waals surface area contributed by atoms with E-state index in [0.717, 1.165) is 32.3 Å². The monoisotopic (exact) mass is 1540 g/mol. The van der Waals surface area contributed by atoms with Crippen LogP contribution < -0.4 is 53.2 Å². The number of rotatable bonds is 19. The molecule has 0 aromatic heterocycles. The number of fused-ring (bicyclic) bond motifs is 2. The molecule has 0 aliphatic carbocycles. The van der Waals surface area contributed by atoms with Crippen molar-refractivity contribution in [1.82, 2.24) is 63.0 Å². The molecule has 0 bridgehead atoms. The summed E-state index contributed by atoms with van der Waals surface area (Å²) in [5.41, 5.74) is -0.382. The highest BCUT2D eigenvalue weighted by Crippen LogP contribution is 2.37. The Morgan fingerprint density at radius 3 is 1.35 bits per heavy atom.